The fraction of sp³-hybridized carbons (Fsp3) is 0.227. The molecule has 2 aromatic rings. The highest BCUT2D eigenvalue weighted by Crippen LogP contribution is 2.42. The lowest BCUT2D eigenvalue weighted by atomic mass is 9.75. The van der Waals surface area contributed by atoms with Gasteiger partial charge in [-0.05, 0) is 65.5 Å². The van der Waals surface area contributed by atoms with Gasteiger partial charge in [-0.3, -0.25) is 9.59 Å². The van der Waals surface area contributed by atoms with Gasteiger partial charge in [0.15, 0.2) is 5.78 Å². The van der Waals surface area contributed by atoms with Crippen molar-refractivity contribution in [3.63, 3.8) is 0 Å². The summed E-state index contributed by atoms with van der Waals surface area (Å²) < 4.78 is 1.78. The number of carbonyl (C=O) groups is 2. The van der Waals surface area contributed by atoms with E-state index in [1.165, 1.54) is 0 Å². The first-order valence-electron chi connectivity index (χ1n) is 9.36. The van der Waals surface area contributed by atoms with E-state index in [-0.39, 0.29) is 11.7 Å². The minimum absolute atomic E-state index is 0.103. The van der Waals surface area contributed by atoms with E-state index in [4.69, 9.17) is 0 Å². The Bertz CT molecular complexity index is 1040. The monoisotopic (exact) mass is 515 g/mol. The summed E-state index contributed by atoms with van der Waals surface area (Å²) in [6, 6.07) is 11.4. The zero-order valence-corrected chi connectivity index (χ0v) is 18.9. The van der Waals surface area contributed by atoms with Crippen molar-refractivity contribution in [1.29, 1.82) is 0 Å². The maximum absolute atomic E-state index is 13.3. The molecule has 2 N–H and O–H groups in total. The van der Waals surface area contributed by atoms with E-state index in [0.29, 0.717) is 23.4 Å². The molecule has 2 aliphatic rings. The van der Waals surface area contributed by atoms with Crippen LogP contribution in [0.25, 0.3) is 0 Å². The molecule has 0 fully saturated rings. The summed E-state index contributed by atoms with van der Waals surface area (Å²) in [5, 5.41) is 6.20. The molecule has 0 saturated heterocycles. The first kappa shape index (κ1) is 20.0. The predicted octanol–water partition coefficient (Wildman–Crippen LogP) is 5.21. The standard InChI is InChI=1S/C22H19Br2N3O2/c1-12-19(22(29)27-18-10-9-15(24)11-25-18)20(13-5-7-14(23)8-6-13)21-16(26-12)3-2-4-17(21)28/h5-11,20,26H,2-4H2,1H3,(H,25,27,29)/t20-/m0/s1. The quantitative estimate of drug-likeness (QED) is 0.587. The second-order valence-corrected chi connectivity index (χ2v) is 8.96. The molecule has 1 amide bonds. The first-order chi connectivity index (χ1) is 13.9. The molecule has 1 aromatic carbocycles. The molecule has 1 aliphatic carbocycles. The number of hydrogen-bond acceptors (Lipinski definition) is 4. The van der Waals surface area contributed by atoms with Crippen molar-refractivity contribution < 1.29 is 9.59 Å². The van der Waals surface area contributed by atoms with Crippen LogP contribution in [0.15, 0.2) is 74.1 Å². The average molecular weight is 517 g/mol. The second-order valence-electron chi connectivity index (χ2n) is 7.13. The Morgan fingerprint density at radius 3 is 2.52 bits per heavy atom. The molecule has 0 bridgehead atoms. The van der Waals surface area contributed by atoms with E-state index in [1.54, 1.807) is 12.3 Å². The predicted molar refractivity (Wildman–Crippen MR) is 119 cm³/mol. The highest BCUT2D eigenvalue weighted by atomic mass is 79.9. The first-order valence-corrected chi connectivity index (χ1v) is 10.9. The van der Waals surface area contributed by atoms with Crippen LogP contribution in [-0.4, -0.2) is 16.7 Å². The molecule has 5 nitrogen and oxygen atoms in total. The van der Waals surface area contributed by atoms with Crippen LogP contribution in [0.4, 0.5) is 5.82 Å². The van der Waals surface area contributed by atoms with Gasteiger partial charge in [-0.1, -0.05) is 28.1 Å². The number of dihydropyridines is 1. The number of rotatable bonds is 3. The van der Waals surface area contributed by atoms with Crippen LogP contribution in [0, 0.1) is 0 Å². The van der Waals surface area contributed by atoms with E-state index < -0.39 is 5.92 Å². The van der Waals surface area contributed by atoms with Crippen LogP contribution in [0.2, 0.25) is 0 Å². The van der Waals surface area contributed by atoms with Crippen LogP contribution >= 0.6 is 31.9 Å². The van der Waals surface area contributed by atoms with Crippen LogP contribution in [0.3, 0.4) is 0 Å². The number of benzene rings is 1. The molecule has 148 valence electrons. The van der Waals surface area contributed by atoms with Gasteiger partial charge < -0.3 is 10.6 Å². The van der Waals surface area contributed by atoms with Crippen LogP contribution < -0.4 is 10.6 Å². The Balaban J connectivity index is 1.77. The highest BCUT2D eigenvalue weighted by molar-refractivity contribution is 9.10. The van der Waals surface area contributed by atoms with Crippen LogP contribution in [0.1, 0.15) is 37.7 Å². The number of ketones is 1. The minimum Gasteiger partial charge on any atom is -0.362 e. The molecule has 0 spiro atoms. The van der Waals surface area contributed by atoms with Gasteiger partial charge >= 0.3 is 0 Å². The molecule has 0 radical (unpaired) electrons. The molecule has 0 unspecified atom stereocenters. The summed E-state index contributed by atoms with van der Waals surface area (Å²) in [5.74, 6) is -0.0979. The Hall–Kier alpha value is -2.25. The van der Waals surface area contributed by atoms with E-state index >= 15 is 0 Å². The lowest BCUT2D eigenvalue weighted by molar-refractivity contribution is -0.116. The Kier molecular flexibility index (Phi) is 5.69. The zero-order valence-electron chi connectivity index (χ0n) is 15.8. The number of pyridine rings is 1. The molecule has 1 atom stereocenters. The fourth-order valence-corrected chi connectivity index (χ4v) is 4.41. The van der Waals surface area contributed by atoms with Crippen molar-refractivity contribution in [3.8, 4) is 0 Å². The summed E-state index contributed by atoms with van der Waals surface area (Å²) >= 11 is 6.81. The topological polar surface area (TPSA) is 71.1 Å². The fourth-order valence-electron chi connectivity index (χ4n) is 3.91. The molecular weight excluding hydrogens is 498 g/mol. The third-order valence-electron chi connectivity index (χ3n) is 5.19. The van der Waals surface area contributed by atoms with Gasteiger partial charge in [0.05, 0.1) is 0 Å². The van der Waals surface area contributed by atoms with Crippen molar-refractivity contribution >= 4 is 49.4 Å². The van der Waals surface area contributed by atoms with Crippen LogP contribution in [0.5, 0.6) is 0 Å². The number of nitrogens with one attached hydrogen (secondary N) is 2. The number of anilines is 1. The molecule has 2 heterocycles. The maximum atomic E-state index is 13.3. The van der Waals surface area contributed by atoms with E-state index in [1.807, 2.05) is 37.3 Å². The second kappa shape index (κ2) is 8.24. The zero-order chi connectivity index (χ0) is 20.5. The maximum Gasteiger partial charge on any atom is 0.255 e. The highest BCUT2D eigenvalue weighted by Gasteiger charge is 2.38. The number of aromatic nitrogens is 1. The third kappa shape index (κ3) is 4.07. The Morgan fingerprint density at radius 2 is 1.83 bits per heavy atom. The molecule has 1 aromatic heterocycles. The van der Waals surface area contributed by atoms with Gasteiger partial charge in [0.2, 0.25) is 0 Å². The number of nitrogens with zero attached hydrogens (tertiary/aromatic N) is 1. The van der Waals surface area contributed by atoms with Gasteiger partial charge in [0.1, 0.15) is 5.82 Å². The number of allylic oxidation sites excluding steroid dienone is 3. The SMILES string of the molecule is CC1=C(C(=O)Nc2ccc(Br)cn2)[C@H](c2ccc(Br)cc2)C2=C(CCCC2=O)N1. The number of amides is 1. The number of carbonyl (C=O) groups excluding carboxylic acids is 2. The number of hydrogen-bond donors (Lipinski definition) is 2. The molecule has 1 aliphatic heterocycles. The summed E-state index contributed by atoms with van der Waals surface area (Å²) in [5.41, 5.74) is 3.88. The molecule has 29 heavy (non-hydrogen) atoms. The smallest absolute Gasteiger partial charge is 0.255 e. The van der Waals surface area contributed by atoms with Gasteiger partial charge in [-0.2, -0.15) is 0 Å². The Labute approximate surface area is 185 Å². The summed E-state index contributed by atoms with van der Waals surface area (Å²) in [6.07, 6.45) is 3.78. The van der Waals surface area contributed by atoms with E-state index in [9.17, 15) is 9.59 Å². The van der Waals surface area contributed by atoms with Gasteiger partial charge in [0, 0.05) is 50.0 Å². The van der Waals surface area contributed by atoms with Crippen molar-refractivity contribution in [2.24, 2.45) is 0 Å². The number of Topliss-reactive ketones (excluding diaryl/α,β-unsaturated/α-hetero) is 1. The molecule has 7 heteroatoms. The summed E-state index contributed by atoms with van der Waals surface area (Å²) in [4.78, 5) is 30.4. The van der Waals surface area contributed by atoms with Crippen molar-refractivity contribution in [2.75, 3.05) is 5.32 Å². The van der Waals surface area contributed by atoms with Gasteiger partial charge in [0.25, 0.3) is 5.91 Å². The molecule has 0 saturated carbocycles. The average Bonchev–Trinajstić information content (AvgIpc) is 2.69. The van der Waals surface area contributed by atoms with E-state index in [2.05, 4.69) is 47.5 Å². The van der Waals surface area contributed by atoms with Gasteiger partial charge in [-0.25, -0.2) is 4.98 Å². The van der Waals surface area contributed by atoms with Crippen molar-refractivity contribution in [2.45, 2.75) is 32.1 Å². The lowest BCUT2D eigenvalue weighted by Crippen LogP contribution is -2.35. The van der Waals surface area contributed by atoms with Crippen molar-refractivity contribution in [1.82, 2.24) is 10.3 Å². The number of halogens is 2. The third-order valence-corrected chi connectivity index (χ3v) is 6.19. The van der Waals surface area contributed by atoms with E-state index in [0.717, 1.165) is 38.7 Å². The molecular formula is C22H19Br2N3O2. The molecule has 4 rings (SSSR count). The minimum atomic E-state index is -0.400. The largest absolute Gasteiger partial charge is 0.362 e. The van der Waals surface area contributed by atoms with Crippen LogP contribution in [-0.2, 0) is 9.59 Å². The lowest BCUT2D eigenvalue weighted by Gasteiger charge is -2.34. The summed E-state index contributed by atoms with van der Waals surface area (Å²) in [6.45, 7) is 1.89. The summed E-state index contributed by atoms with van der Waals surface area (Å²) in [7, 11) is 0. The normalized spacial score (nSPS) is 19.0. The Morgan fingerprint density at radius 1 is 1.10 bits per heavy atom. The van der Waals surface area contributed by atoms with Gasteiger partial charge in [-0.15, -0.1) is 0 Å². The van der Waals surface area contributed by atoms with Crippen molar-refractivity contribution in [3.05, 3.63) is 79.6 Å².